The van der Waals surface area contributed by atoms with Crippen molar-refractivity contribution in [2.24, 2.45) is 0 Å². The second-order valence-electron chi connectivity index (χ2n) is 3.07. The molecule has 1 rings (SSSR count). The van der Waals surface area contributed by atoms with Gasteiger partial charge in [0.2, 0.25) is 0 Å². The molecule has 0 N–H and O–H groups in total. The molecule has 1 aromatic rings. The zero-order valence-corrected chi connectivity index (χ0v) is 9.60. The molecule has 0 radical (unpaired) electrons. The molecule has 0 heterocycles. The van der Waals surface area contributed by atoms with E-state index < -0.39 is 0 Å². The first-order chi connectivity index (χ1) is 7.81. The highest BCUT2D eigenvalue weighted by atomic mass is 16.5. The lowest BCUT2D eigenvalue weighted by Crippen LogP contribution is -1.98. The van der Waals surface area contributed by atoms with Crippen LogP contribution in [-0.4, -0.2) is 19.5 Å². The van der Waals surface area contributed by atoms with Gasteiger partial charge in [0.1, 0.15) is 6.29 Å². The third-order valence-corrected chi connectivity index (χ3v) is 1.93. The molecule has 0 bridgehead atoms. The van der Waals surface area contributed by atoms with E-state index in [2.05, 4.69) is 0 Å². The van der Waals surface area contributed by atoms with Crippen LogP contribution in [0, 0.1) is 0 Å². The Hall–Kier alpha value is -1.77. The van der Waals surface area contributed by atoms with Crippen LogP contribution in [0.2, 0.25) is 0 Å². The number of benzene rings is 1. The Morgan fingerprint density at radius 3 is 2.44 bits per heavy atom. The standard InChI is InChI=1S/C13H16O3/c1-3-15-12-8-7-11(6-5-9-14)10-13(12)16-4-2/h5-10H,3-4H2,1-2H3/b6-5+. The van der Waals surface area contributed by atoms with E-state index in [-0.39, 0.29) is 0 Å². The van der Waals surface area contributed by atoms with Crippen LogP contribution >= 0.6 is 0 Å². The van der Waals surface area contributed by atoms with Crippen molar-refractivity contribution in [3.05, 3.63) is 29.8 Å². The normalized spacial score (nSPS) is 10.4. The highest BCUT2D eigenvalue weighted by Gasteiger charge is 2.04. The predicted octanol–water partition coefficient (Wildman–Crippen LogP) is 2.70. The number of carbonyl (C=O) groups excluding carboxylic acids is 1. The van der Waals surface area contributed by atoms with Gasteiger partial charge in [0.15, 0.2) is 11.5 Å². The van der Waals surface area contributed by atoms with Crippen molar-refractivity contribution in [3.63, 3.8) is 0 Å². The lowest BCUT2D eigenvalue weighted by atomic mass is 10.2. The van der Waals surface area contributed by atoms with Crippen molar-refractivity contribution in [2.45, 2.75) is 13.8 Å². The summed E-state index contributed by atoms with van der Waals surface area (Å²) >= 11 is 0. The van der Waals surface area contributed by atoms with Crippen LogP contribution in [0.5, 0.6) is 11.5 Å². The Labute approximate surface area is 95.7 Å². The number of carbonyl (C=O) groups is 1. The summed E-state index contributed by atoms with van der Waals surface area (Å²) in [6.07, 6.45) is 3.92. The molecular weight excluding hydrogens is 204 g/mol. The van der Waals surface area contributed by atoms with E-state index in [0.29, 0.717) is 19.0 Å². The fourth-order valence-corrected chi connectivity index (χ4v) is 1.32. The molecule has 0 aliphatic carbocycles. The molecule has 0 aliphatic rings. The van der Waals surface area contributed by atoms with Crippen molar-refractivity contribution in [1.29, 1.82) is 0 Å². The summed E-state index contributed by atoms with van der Waals surface area (Å²) in [5.41, 5.74) is 0.916. The molecule has 0 unspecified atom stereocenters. The number of aldehydes is 1. The molecule has 3 heteroatoms. The van der Waals surface area contributed by atoms with Crippen LogP contribution in [0.3, 0.4) is 0 Å². The fraction of sp³-hybridized carbons (Fsp3) is 0.308. The van der Waals surface area contributed by atoms with Gasteiger partial charge in [-0.05, 0) is 37.6 Å². The summed E-state index contributed by atoms with van der Waals surface area (Å²) < 4.78 is 10.9. The van der Waals surface area contributed by atoms with Crippen LogP contribution in [0.15, 0.2) is 24.3 Å². The molecule has 86 valence electrons. The highest BCUT2D eigenvalue weighted by Crippen LogP contribution is 2.28. The van der Waals surface area contributed by atoms with Crippen LogP contribution in [0.1, 0.15) is 19.4 Å². The van der Waals surface area contributed by atoms with Crippen LogP contribution in [0.4, 0.5) is 0 Å². The summed E-state index contributed by atoms with van der Waals surface area (Å²) in [7, 11) is 0. The minimum atomic E-state index is 0.584. The number of rotatable bonds is 6. The lowest BCUT2D eigenvalue weighted by molar-refractivity contribution is -0.104. The summed E-state index contributed by atoms with van der Waals surface area (Å²) in [4.78, 5) is 10.2. The molecule has 0 aliphatic heterocycles. The van der Waals surface area contributed by atoms with Gasteiger partial charge in [0.25, 0.3) is 0 Å². The van der Waals surface area contributed by atoms with Gasteiger partial charge in [0, 0.05) is 0 Å². The van der Waals surface area contributed by atoms with Gasteiger partial charge in [-0.15, -0.1) is 0 Å². The zero-order chi connectivity index (χ0) is 11.8. The Kier molecular flexibility index (Phi) is 5.12. The summed E-state index contributed by atoms with van der Waals surface area (Å²) in [5.74, 6) is 1.44. The Balaban J connectivity index is 2.96. The van der Waals surface area contributed by atoms with Gasteiger partial charge < -0.3 is 9.47 Å². The first kappa shape index (κ1) is 12.3. The van der Waals surface area contributed by atoms with Crippen molar-refractivity contribution in [3.8, 4) is 11.5 Å². The van der Waals surface area contributed by atoms with E-state index in [0.717, 1.165) is 17.6 Å². The molecule has 0 saturated carbocycles. The Morgan fingerprint density at radius 1 is 1.12 bits per heavy atom. The van der Waals surface area contributed by atoms with E-state index in [1.807, 2.05) is 32.0 Å². The molecular formula is C13H16O3. The van der Waals surface area contributed by atoms with E-state index >= 15 is 0 Å². The molecule has 0 amide bonds. The van der Waals surface area contributed by atoms with Crippen molar-refractivity contribution in [2.75, 3.05) is 13.2 Å². The summed E-state index contributed by atoms with van der Waals surface area (Å²) in [6, 6.07) is 5.58. The molecule has 0 aromatic heterocycles. The maximum Gasteiger partial charge on any atom is 0.161 e. The quantitative estimate of drug-likeness (QED) is 0.546. The first-order valence-electron chi connectivity index (χ1n) is 5.33. The second-order valence-corrected chi connectivity index (χ2v) is 3.07. The number of allylic oxidation sites excluding steroid dienone is 1. The Morgan fingerprint density at radius 2 is 1.81 bits per heavy atom. The molecule has 0 spiro atoms. The van der Waals surface area contributed by atoms with Crippen LogP contribution in [-0.2, 0) is 4.79 Å². The van der Waals surface area contributed by atoms with Gasteiger partial charge >= 0.3 is 0 Å². The van der Waals surface area contributed by atoms with E-state index in [4.69, 9.17) is 9.47 Å². The van der Waals surface area contributed by atoms with Gasteiger partial charge in [0.05, 0.1) is 13.2 Å². The molecule has 0 atom stereocenters. The molecule has 0 saturated heterocycles. The monoisotopic (exact) mass is 220 g/mol. The molecule has 3 nitrogen and oxygen atoms in total. The number of hydrogen-bond acceptors (Lipinski definition) is 3. The SMILES string of the molecule is CCOc1ccc(/C=C/C=O)cc1OCC. The predicted molar refractivity (Wildman–Crippen MR) is 63.9 cm³/mol. The second kappa shape index (κ2) is 6.67. The van der Waals surface area contributed by atoms with Crippen molar-refractivity contribution in [1.82, 2.24) is 0 Å². The third kappa shape index (κ3) is 3.42. The largest absolute Gasteiger partial charge is 0.490 e. The van der Waals surface area contributed by atoms with Gasteiger partial charge in [-0.3, -0.25) is 4.79 Å². The molecule has 0 fully saturated rings. The third-order valence-electron chi connectivity index (χ3n) is 1.93. The van der Waals surface area contributed by atoms with E-state index in [9.17, 15) is 4.79 Å². The van der Waals surface area contributed by atoms with E-state index in [1.165, 1.54) is 6.08 Å². The maximum atomic E-state index is 10.2. The van der Waals surface area contributed by atoms with Gasteiger partial charge in [-0.2, -0.15) is 0 Å². The summed E-state index contributed by atoms with van der Waals surface area (Å²) in [5, 5.41) is 0. The van der Waals surface area contributed by atoms with Gasteiger partial charge in [-0.1, -0.05) is 12.1 Å². The number of hydrogen-bond donors (Lipinski definition) is 0. The van der Waals surface area contributed by atoms with E-state index in [1.54, 1.807) is 6.08 Å². The van der Waals surface area contributed by atoms with Crippen LogP contribution in [0.25, 0.3) is 6.08 Å². The van der Waals surface area contributed by atoms with Gasteiger partial charge in [-0.25, -0.2) is 0 Å². The van der Waals surface area contributed by atoms with Crippen molar-refractivity contribution < 1.29 is 14.3 Å². The maximum absolute atomic E-state index is 10.2. The molecule has 1 aromatic carbocycles. The lowest BCUT2D eigenvalue weighted by Gasteiger charge is -2.11. The highest BCUT2D eigenvalue weighted by molar-refractivity contribution is 5.74. The minimum absolute atomic E-state index is 0.584. The Bertz CT molecular complexity index is 369. The number of ether oxygens (including phenoxy) is 2. The first-order valence-corrected chi connectivity index (χ1v) is 5.33. The average molecular weight is 220 g/mol. The van der Waals surface area contributed by atoms with Crippen molar-refractivity contribution >= 4 is 12.4 Å². The summed E-state index contributed by atoms with van der Waals surface area (Å²) in [6.45, 7) is 5.03. The molecule has 16 heavy (non-hydrogen) atoms. The fourth-order valence-electron chi connectivity index (χ4n) is 1.32. The zero-order valence-electron chi connectivity index (χ0n) is 9.60. The average Bonchev–Trinajstić information content (AvgIpc) is 2.30. The smallest absolute Gasteiger partial charge is 0.161 e. The van der Waals surface area contributed by atoms with Crippen LogP contribution < -0.4 is 9.47 Å². The minimum Gasteiger partial charge on any atom is -0.490 e. The topological polar surface area (TPSA) is 35.5 Å².